The van der Waals surface area contributed by atoms with Crippen LogP contribution in [0.2, 0.25) is 0 Å². The Kier molecular flexibility index (Phi) is 7.80. The first-order valence-corrected chi connectivity index (χ1v) is 13.9. The highest BCUT2D eigenvalue weighted by atomic mass is 19.4. The molecule has 0 aliphatic rings. The highest BCUT2D eigenvalue weighted by Gasteiger charge is 2.35. The molecular formula is C33H40F3N3O2. The third kappa shape index (κ3) is 6.27. The molecule has 0 amide bonds. The molecule has 1 heterocycles. The number of phenols is 1. The molecule has 1 unspecified atom stereocenters. The van der Waals surface area contributed by atoms with Gasteiger partial charge >= 0.3 is 6.18 Å². The average molecular weight is 568 g/mol. The summed E-state index contributed by atoms with van der Waals surface area (Å²) in [7, 11) is 0. The topological polar surface area (TPSA) is 71.2 Å². The number of aromatic nitrogens is 3. The van der Waals surface area contributed by atoms with Crippen LogP contribution < -0.4 is 0 Å². The van der Waals surface area contributed by atoms with Gasteiger partial charge in [-0.25, -0.2) is 0 Å². The van der Waals surface area contributed by atoms with Crippen LogP contribution in [0.5, 0.6) is 5.75 Å². The molecule has 220 valence electrons. The summed E-state index contributed by atoms with van der Waals surface area (Å²) in [6.45, 7) is 16.8. The summed E-state index contributed by atoms with van der Waals surface area (Å²) in [6, 6.07) is 15.1. The van der Waals surface area contributed by atoms with Gasteiger partial charge in [0, 0.05) is 23.5 Å². The summed E-state index contributed by atoms with van der Waals surface area (Å²) in [5, 5.41) is 30.3. The second-order valence-electron chi connectivity index (χ2n) is 13.5. The minimum atomic E-state index is -4.50. The number of aromatic hydroxyl groups is 1. The molecule has 1 aromatic heterocycles. The van der Waals surface area contributed by atoms with E-state index in [4.69, 9.17) is 0 Å². The first-order valence-electron chi connectivity index (χ1n) is 13.9. The first kappa shape index (κ1) is 30.6. The molecule has 0 spiro atoms. The van der Waals surface area contributed by atoms with E-state index in [9.17, 15) is 23.4 Å². The number of halogens is 3. The molecule has 1 atom stereocenters. The Hall–Kier alpha value is -3.39. The minimum absolute atomic E-state index is 0.0125. The monoisotopic (exact) mass is 567 g/mol. The SMILES string of the molecule is CC(CO)c1cccc(C(C)(C)c2cc(C(C)(C)CC(C)(C)C)cc(-n3nc4ccc(C(F)(F)F)cc4n3)c2O)c1. The van der Waals surface area contributed by atoms with Gasteiger partial charge in [0.25, 0.3) is 0 Å². The first-order chi connectivity index (χ1) is 18.8. The molecule has 5 nitrogen and oxygen atoms in total. The molecule has 0 aliphatic carbocycles. The zero-order chi connectivity index (χ0) is 30.5. The van der Waals surface area contributed by atoms with Crippen molar-refractivity contribution in [2.75, 3.05) is 6.61 Å². The number of nitrogens with zero attached hydrogens (tertiary/aromatic N) is 3. The Bertz CT molecular complexity index is 1560. The van der Waals surface area contributed by atoms with Gasteiger partial charge < -0.3 is 10.2 Å². The fraction of sp³-hybridized carbons (Fsp3) is 0.455. The van der Waals surface area contributed by atoms with Crippen molar-refractivity contribution in [1.29, 1.82) is 0 Å². The van der Waals surface area contributed by atoms with Gasteiger partial charge in [-0.2, -0.15) is 13.2 Å². The highest BCUT2D eigenvalue weighted by Crippen LogP contribution is 2.45. The van der Waals surface area contributed by atoms with Gasteiger partial charge in [0.15, 0.2) is 0 Å². The fourth-order valence-corrected chi connectivity index (χ4v) is 5.76. The third-order valence-electron chi connectivity index (χ3n) is 7.89. The Labute approximate surface area is 240 Å². The molecular weight excluding hydrogens is 527 g/mol. The molecule has 0 fully saturated rings. The molecule has 0 saturated carbocycles. The third-order valence-corrected chi connectivity index (χ3v) is 7.89. The van der Waals surface area contributed by atoms with Crippen molar-refractivity contribution in [2.24, 2.45) is 5.41 Å². The van der Waals surface area contributed by atoms with E-state index in [-0.39, 0.29) is 34.6 Å². The Morgan fingerprint density at radius 1 is 0.805 bits per heavy atom. The number of aliphatic hydroxyl groups is 1. The number of hydrogen-bond acceptors (Lipinski definition) is 4. The van der Waals surface area contributed by atoms with E-state index >= 15 is 0 Å². The van der Waals surface area contributed by atoms with Crippen LogP contribution in [-0.2, 0) is 17.0 Å². The number of phenolic OH excluding ortho intramolecular Hbond substituents is 1. The summed E-state index contributed by atoms with van der Waals surface area (Å²) in [4.78, 5) is 1.24. The predicted octanol–water partition coefficient (Wildman–Crippen LogP) is 8.28. The molecule has 2 N–H and O–H groups in total. The Morgan fingerprint density at radius 3 is 2.07 bits per heavy atom. The van der Waals surface area contributed by atoms with Crippen LogP contribution in [0.25, 0.3) is 16.7 Å². The number of benzene rings is 3. The standard InChI is InChI=1S/C33H40F3N3O2/c1-20(18-40)21-10-9-11-22(14-21)32(7,8)25-15-24(31(5,6)19-30(2,3)4)17-28(29(25)41)39-37-26-13-12-23(33(34,35)36)16-27(26)38-39/h9-17,20,40-41H,18-19H2,1-8H3. The number of hydrogen-bond donors (Lipinski definition) is 2. The number of fused-ring (bicyclic) bond motifs is 1. The molecule has 0 saturated heterocycles. The van der Waals surface area contributed by atoms with E-state index in [1.165, 1.54) is 10.9 Å². The van der Waals surface area contributed by atoms with Gasteiger partial charge in [0.05, 0.1) is 5.56 Å². The average Bonchev–Trinajstić information content (AvgIpc) is 3.29. The maximum atomic E-state index is 13.4. The van der Waals surface area contributed by atoms with Crippen molar-refractivity contribution in [3.05, 3.63) is 82.4 Å². The van der Waals surface area contributed by atoms with Crippen molar-refractivity contribution in [3.63, 3.8) is 0 Å². The van der Waals surface area contributed by atoms with Crippen LogP contribution in [0.4, 0.5) is 13.2 Å². The molecule has 8 heteroatoms. The van der Waals surface area contributed by atoms with Crippen LogP contribution in [-0.4, -0.2) is 31.8 Å². The molecule has 0 radical (unpaired) electrons. The molecule has 41 heavy (non-hydrogen) atoms. The molecule has 0 aliphatic heterocycles. The number of alkyl halides is 3. The zero-order valence-electron chi connectivity index (χ0n) is 25.1. The van der Waals surface area contributed by atoms with Crippen LogP contribution in [0.3, 0.4) is 0 Å². The zero-order valence-corrected chi connectivity index (χ0v) is 25.1. The maximum Gasteiger partial charge on any atom is 0.416 e. The second-order valence-corrected chi connectivity index (χ2v) is 13.5. The van der Waals surface area contributed by atoms with Gasteiger partial charge in [-0.3, -0.25) is 0 Å². The van der Waals surface area contributed by atoms with E-state index in [1.807, 2.05) is 57.2 Å². The van der Waals surface area contributed by atoms with Crippen molar-refractivity contribution in [1.82, 2.24) is 15.0 Å². The summed E-state index contributed by atoms with van der Waals surface area (Å²) in [6.07, 6.45) is -3.66. The molecule has 4 rings (SSSR count). The molecule has 4 aromatic rings. The van der Waals surface area contributed by atoms with Gasteiger partial charge in [0.1, 0.15) is 22.5 Å². The normalized spacial score (nSPS) is 14.0. The molecule has 3 aromatic carbocycles. The largest absolute Gasteiger partial charge is 0.505 e. The van der Waals surface area contributed by atoms with Crippen molar-refractivity contribution >= 4 is 11.0 Å². The van der Waals surface area contributed by atoms with E-state index in [2.05, 4.69) is 44.8 Å². The lowest BCUT2D eigenvalue weighted by atomic mass is 9.70. The van der Waals surface area contributed by atoms with Gasteiger partial charge in [-0.1, -0.05) is 85.7 Å². The van der Waals surface area contributed by atoms with Crippen LogP contribution in [0.15, 0.2) is 54.6 Å². The summed E-state index contributed by atoms with van der Waals surface area (Å²) in [5.41, 5.74) is 2.46. The van der Waals surface area contributed by atoms with E-state index in [1.54, 1.807) is 0 Å². The van der Waals surface area contributed by atoms with Crippen LogP contribution in [0.1, 0.15) is 95.5 Å². The van der Waals surface area contributed by atoms with Gasteiger partial charge in [0.2, 0.25) is 0 Å². The molecule has 0 bridgehead atoms. The van der Waals surface area contributed by atoms with Crippen LogP contribution in [0, 0.1) is 5.41 Å². The summed E-state index contributed by atoms with van der Waals surface area (Å²) in [5.74, 6) is -0.0866. The lowest BCUT2D eigenvalue weighted by Gasteiger charge is -2.35. The number of rotatable bonds is 7. The quantitative estimate of drug-likeness (QED) is 0.236. The smallest absolute Gasteiger partial charge is 0.416 e. The van der Waals surface area contributed by atoms with Gasteiger partial charge in [-0.05, 0) is 58.2 Å². The van der Waals surface area contributed by atoms with E-state index in [0.29, 0.717) is 16.8 Å². The van der Waals surface area contributed by atoms with Crippen molar-refractivity contribution in [2.45, 2.75) is 84.7 Å². The minimum Gasteiger partial charge on any atom is -0.505 e. The van der Waals surface area contributed by atoms with Crippen molar-refractivity contribution in [3.8, 4) is 11.4 Å². The van der Waals surface area contributed by atoms with Crippen molar-refractivity contribution < 1.29 is 23.4 Å². The van der Waals surface area contributed by atoms with Gasteiger partial charge in [-0.15, -0.1) is 15.0 Å². The number of aliphatic hydroxyl groups excluding tert-OH is 1. The van der Waals surface area contributed by atoms with Crippen LogP contribution >= 0.6 is 0 Å². The Morgan fingerprint density at radius 2 is 1.46 bits per heavy atom. The second kappa shape index (κ2) is 10.5. The summed E-state index contributed by atoms with van der Waals surface area (Å²) >= 11 is 0. The Balaban J connectivity index is 1.96. The van der Waals surface area contributed by atoms with E-state index in [0.717, 1.165) is 35.2 Å². The predicted molar refractivity (Wildman–Crippen MR) is 157 cm³/mol. The van der Waals surface area contributed by atoms with E-state index < -0.39 is 17.2 Å². The lowest BCUT2D eigenvalue weighted by molar-refractivity contribution is -0.137. The maximum absolute atomic E-state index is 13.4. The fourth-order valence-electron chi connectivity index (χ4n) is 5.76. The highest BCUT2D eigenvalue weighted by molar-refractivity contribution is 5.75. The lowest BCUT2D eigenvalue weighted by Crippen LogP contribution is -2.27. The summed E-state index contributed by atoms with van der Waals surface area (Å²) < 4.78 is 40.1.